The van der Waals surface area contributed by atoms with Crippen LogP contribution in [-0.4, -0.2) is 13.2 Å². The Kier molecular flexibility index (Phi) is 24.3. The number of rotatable bonds is 38. The van der Waals surface area contributed by atoms with Crippen LogP contribution in [0.5, 0.6) is 11.5 Å². The molecule has 0 aliphatic heterocycles. The number of benzene rings is 6. The van der Waals surface area contributed by atoms with E-state index in [2.05, 4.69) is 188 Å². The van der Waals surface area contributed by atoms with Gasteiger partial charge in [0.2, 0.25) is 0 Å². The van der Waals surface area contributed by atoms with Gasteiger partial charge in [-0.2, -0.15) is 0 Å². The molecule has 2 aliphatic carbocycles. The number of unbranched alkanes of at least 4 members (excludes halogenated alkanes) is 14. The molecule has 2 aliphatic rings. The summed E-state index contributed by atoms with van der Waals surface area (Å²) in [6.45, 7) is 26.2. The van der Waals surface area contributed by atoms with Gasteiger partial charge in [-0.3, -0.25) is 0 Å². The maximum atomic E-state index is 7.20. The minimum Gasteiger partial charge on any atom is -0.493 e. The van der Waals surface area contributed by atoms with Gasteiger partial charge in [0.1, 0.15) is 11.5 Å². The summed E-state index contributed by atoms with van der Waals surface area (Å²) in [7, 11) is 0. The average Bonchev–Trinajstić information content (AvgIpc) is 2.00. The number of hydrogen-bond donors (Lipinski definition) is 0. The fraction of sp³-hybridized carbons (Fsp3) is 0.390. The van der Waals surface area contributed by atoms with Gasteiger partial charge in [0.25, 0.3) is 0 Å². The number of allylic oxidation sites excluding steroid dienone is 12. The molecule has 0 amide bonds. The van der Waals surface area contributed by atoms with E-state index < -0.39 is 0 Å². The van der Waals surface area contributed by atoms with Gasteiger partial charge in [-0.25, -0.2) is 0 Å². The Bertz CT molecular complexity index is 3230. The Hall–Kier alpha value is -6.90. The lowest BCUT2D eigenvalue weighted by Gasteiger charge is -2.34. The zero-order valence-corrected chi connectivity index (χ0v) is 52.2. The summed E-state index contributed by atoms with van der Waals surface area (Å²) in [5.74, 6) is 1.80. The highest BCUT2D eigenvalue weighted by molar-refractivity contribution is 6.04. The molecule has 440 valence electrons. The van der Waals surface area contributed by atoms with E-state index in [9.17, 15) is 0 Å². The van der Waals surface area contributed by atoms with Crippen molar-refractivity contribution in [3.8, 4) is 56.0 Å². The summed E-state index contributed by atoms with van der Waals surface area (Å²) in [5, 5.41) is 2.75. The maximum absolute atomic E-state index is 7.20. The fourth-order valence-electron chi connectivity index (χ4n) is 14.0. The van der Waals surface area contributed by atoms with E-state index in [-0.39, 0.29) is 10.8 Å². The molecule has 0 saturated heterocycles. The van der Waals surface area contributed by atoms with E-state index in [1.807, 2.05) is 36.5 Å². The van der Waals surface area contributed by atoms with E-state index in [0.717, 1.165) is 105 Å². The van der Waals surface area contributed by atoms with Gasteiger partial charge >= 0.3 is 0 Å². The van der Waals surface area contributed by atoms with Gasteiger partial charge in [0.05, 0.1) is 13.2 Å². The molecule has 0 radical (unpaired) electrons. The highest BCUT2D eigenvalue weighted by Gasteiger charge is 2.45. The van der Waals surface area contributed by atoms with E-state index in [1.165, 1.54) is 143 Å². The summed E-state index contributed by atoms with van der Waals surface area (Å²) < 4.78 is 14.4. The third kappa shape index (κ3) is 15.1. The Balaban J connectivity index is 1.32. The molecule has 0 heterocycles. The average molecular weight is 1120 g/mol. The predicted molar refractivity (Wildman–Crippen MR) is 367 cm³/mol. The number of hydrogen-bond acceptors (Lipinski definition) is 2. The number of aryl methyl sites for hydroxylation is 2. The largest absolute Gasteiger partial charge is 0.493 e. The Morgan fingerprint density at radius 2 is 0.798 bits per heavy atom. The van der Waals surface area contributed by atoms with Crippen LogP contribution < -0.4 is 9.47 Å². The molecule has 0 spiro atoms. The quantitative estimate of drug-likeness (QED) is 0.0284. The van der Waals surface area contributed by atoms with Crippen molar-refractivity contribution in [3.05, 3.63) is 230 Å². The molecule has 84 heavy (non-hydrogen) atoms. The van der Waals surface area contributed by atoms with Crippen molar-refractivity contribution in [3.63, 3.8) is 0 Å². The Morgan fingerprint density at radius 3 is 1.31 bits per heavy atom. The van der Waals surface area contributed by atoms with Crippen LogP contribution in [0.15, 0.2) is 196 Å². The number of ether oxygens (including phenoxy) is 2. The van der Waals surface area contributed by atoms with E-state index >= 15 is 0 Å². The van der Waals surface area contributed by atoms with Gasteiger partial charge in [-0.1, -0.05) is 268 Å². The van der Waals surface area contributed by atoms with Gasteiger partial charge in [0, 0.05) is 22.0 Å². The minimum atomic E-state index is -0.156. The first-order chi connectivity index (χ1) is 41.3. The molecule has 0 saturated carbocycles. The Labute approximate surface area is 509 Å². The van der Waals surface area contributed by atoms with Gasteiger partial charge < -0.3 is 9.47 Å². The predicted octanol–water partition coefficient (Wildman–Crippen LogP) is 24.5. The zero-order valence-electron chi connectivity index (χ0n) is 52.2. The van der Waals surface area contributed by atoms with Crippen LogP contribution >= 0.6 is 0 Å². The van der Waals surface area contributed by atoms with Crippen molar-refractivity contribution in [2.75, 3.05) is 13.2 Å². The van der Waals surface area contributed by atoms with Crippen molar-refractivity contribution in [2.45, 2.75) is 193 Å². The van der Waals surface area contributed by atoms with E-state index in [0.29, 0.717) is 13.2 Å². The second-order valence-corrected chi connectivity index (χ2v) is 24.2. The molecule has 0 atom stereocenters. The summed E-state index contributed by atoms with van der Waals surface area (Å²) in [5.41, 5.74) is 18.5. The molecule has 0 bridgehead atoms. The topological polar surface area (TPSA) is 18.5 Å². The lowest BCUT2D eigenvalue weighted by molar-refractivity contribution is 0.305. The molecule has 8 rings (SSSR count). The smallest absolute Gasteiger partial charge is 0.128 e. The maximum Gasteiger partial charge on any atom is 0.128 e. The van der Waals surface area contributed by atoms with Crippen molar-refractivity contribution < 1.29 is 9.47 Å². The second-order valence-electron chi connectivity index (χ2n) is 24.2. The van der Waals surface area contributed by atoms with Crippen molar-refractivity contribution in [2.24, 2.45) is 0 Å². The standard InChI is InChI=1S/C82H100O2/c1-9-15-21-27-31-39-53-82(54-40-32-28-22-16-10-2)76-60-66(47-50-71(76)80-70-44-36-35-43-67(70)64(8)58-77(80)82)73-62-78(83-55-41-33-25-19-13-5)72(61-79(73)84-56-42-34-26-20-14-6)65-46-49-69-68-48-45-63(7)57-74(68)81(75(69)59-65,51-37-29-23-17-11-3)52-38-30-24-18-12-4/h11-14,17-20,23-26,35-36,43-50,57-62H,3-6,9-10,15-16,21-22,27-34,37-42,51-56H2,1-2,7-8H3/b23-17-,24-18-,25-19+,26-20+. The summed E-state index contributed by atoms with van der Waals surface area (Å²) in [4.78, 5) is 0. The zero-order chi connectivity index (χ0) is 59.0. The molecule has 0 fully saturated rings. The fourth-order valence-corrected chi connectivity index (χ4v) is 14.0. The van der Waals surface area contributed by atoms with Gasteiger partial charge in [-0.05, 0) is 187 Å². The summed E-state index contributed by atoms with van der Waals surface area (Å²) >= 11 is 0. The van der Waals surface area contributed by atoms with E-state index in [4.69, 9.17) is 9.47 Å². The molecule has 6 aromatic rings. The van der Waals surface area contributed by atoms with Gasteiger partial charge in [0.15, 0.2) is 0 Å². The Morgan fingerprint density at radius 1 is 0.381 bits per heavy atom. The first kappa shape index (κ1) is 63.1. The lowest BCUT2D eigenvalue weighted by Crippen LogP contribution is -2.26. The van der Waals surface area contributed by atoms with Crippen LogP contribution in [-0.2, 0) is 10.8 Å². The van der Waals surface area contributed by atoms with E-state index in [1.54, 1.807) is 5.56 Å². The molecule has 0 unspecified atom stereocenters. The second kappa shape index (κ2) is 32.4. The van der Waals surface area contributed by atoms with Crippen LogP contribution in [0, 0.1) is 13.8 Å². The normalized spacial score (nSPS) is 13.7. The van der Waals surface area contributed by atoms with Crippen molar-refractivity contribution in [1.82, 2.24) is 0 Å². The highest BCUT2D eigenvalue weighted by Crippen LogP contribution is 2.59. The summed E-state index contributed by atoms with van der Waals surface area (Å²) in [6, 6.07) is 38.5. The SMILES string of the molecule is C=C/C=C\CCCC1(CCC/C=C\C=C)c2cc(C)ccc2-c2ccc(-c3cc(OCCC/C=C/C=C)c(-c4ccc5c(c4)C(CCCCCCCC)(CCCCCCCC)c4cc(C)c6ccccc6c4-5)cc3OCCC/C=C/C=C)cc21. The number of fused-ring (bicyclic) bond motifs is 8. The minimum absolute atomic E-state index is 0.0986. The molecule has 0 aromatic heterocycles. The van der Waals surface area contributed by atoms with Crippen LogP contribution in [0.25, 0.3) is 55.3 Å². The summed E-state index contributed by atoms with van der Waals surface area (Å²) in [6.07, 6.45) is 52.4. The molecule has 6 aromatic carbocycles. The van der Waals surface area contributed by atoms with Crippen LogP contribution in [0.2, 0.25) is 0 Å². The van der Waals surface area contributed by atoms with Crippen LogP contribution in [0.1, 0.15) is 201 Å². The van der Waals surface area contributed by atoms with Crippen molar-refractivity contribution >= 4 is 10.8 Å². The third-order valence-electron chi connectivity index (χ3n) is 18.3. The van der Waals surface area contributed by atoms with Crippen LogP contribution in [0.3, 0.4) is 0 Å². The molecular formula is C82H100O2. The lowest BCUT2D eigenvalue weighted by atomic mass is 9.69. The third-order valence-corrected chi connectivity index (χ3v) is 18.3. The van der Waals surface area contributed by atoms with Crippen molar-refractivity contribution in [1.29, 1.82) is 0 Å². The first-order valence-electron chi connectivity index (χ1n) is 32.8. The van der Waals surface area contributed by atoms with Gasteiger partial charge in [-0.15, -0.1) is 0 Å². The molecule has 0 N–H and O–H groups in total. The van der Waals surface area contributed by atoms with Crippen LogP contribution in [0.4, 0.5) is 0 Å². The molecule has 2 heteroatoms. The highest BCUT2D eigenvalue weighted by atomic mass is 16.5. The molecule has 2 nitrogen and oxygen atoms in total. The first-order valence-corrected chi connectivity index (χ1v) is 32.8. The monoisotopic (exact) mass is 1120 g/mol. The molecular weight excluding hydrogens is 1020 g/mol.